The highest BCUT2D eigenvalue weighted by Gasteiger charge is 2.52. The Balaban J connectivity index is 1.91. The summed E-state index contributed by atoms with van der Waals surface area (Å²) in [6.07, 6.45) is 4.41. The molecule has 2 fully saturated rings. The lowest BCUT2D eigenvalue weighted by molar-refractivity contribution is -0.128. The maximum absolute atomic E-state index is 11.8. The molecule has 0 aromatic carbocycles. The minimum atomic E-state index is -0.644. The van der Waals surface area contributed by atoms with Crippen molar-refractivity contribution in [3.63, 3.8) is 0 Å². The van der Waals surface area contributed by atoms with Crippen LogP contribution in [0, 0.1) is 5.92 Å². The Morgan fingerprint density at radius 3 is 2.53 bits per heavy atom. The average Bonchev–Trinajstić information content (AvgIpc) is 3.15. The Kier molecular flexibility index (Phi) is 4.01. The van der Waals surface area contributed by atoms with Gasteiger partial charge in [0, 0.05) is 13.2 Å². The summed E-state index contributed by atoms with van der Waals surface area (Å²) in [5.74, 6) is 0.0764. The number of hydrogen-bond donors (Lipinski definition) is 2. The molecule has 2 rings (SSSR count). The van der Waals surface area contributed by atoms with Gasteiger partial charge in [0.05, 0.1) is 19.8 Å². The van der Waals surface area contributed by atoms with E-state index in [1.165, 1.54) is 0 Å². The monoisotopic (exact) mass is 242 g/mol. The fourth-order valence-corrected chi connectivity index (χ4v) is 2.16. The summed E-state index contributed by atoms with van der Waals surface area (Å²) in [5, 5.41) is 3.40. The van der Waals surface area contributed by atoms with E-state index in [1.54, 1.807) is 7.11 Å². The number of nitrogens with two attached hydrogens (primary N) is 1. The van der Waals surface area contributed by atoms with Gasteiger partial charge in [-0.3, -0.25) is 10.1 Å². The Morgan fingerprint density at radius 1 is 1.35 bits per heavy atom. The molecule has 17 heavy (non-hydrogen) atoms. The molecule has 0 radical (unpaired) electrons. The lowest BCUT2D eigenvalue weighted by atomic mass is 9.93. The van der Waals surface area contributed by atoms with Gasteiger partial charge in [0.2, 0.25) is 5.91 Å². The summed E-state index contributed by atoms with van der Waals surface area (Å²) >= 11 is 0. The van der Waals surface area contributed by atoms with E-state index in [4.69, 9.17) is 15.2 Å². The predicted molar refractivity (Wildman–Crippen MR) is 63.5 cm³/mol. The number of carbonyl (C=O) groups is 1. The highest BCUT2D eigenvalue weighted by Crippen LogP contribution is 2.41. The summed E-state index contributed by atoms with van der Waals surface area (Å²) in [7, 11) is 1.63. The molecule has 0 aliphatic heterocycles. The Morgan fingerprint density at radius 2 is 2.06 bits per heavy atom. The summed E-state index contributed by atoms with van der Waals surface area (Å²) in [6.45, 7) is 1.42. The quantitative estimate of drug-likeness (QED) is 0.560. The molecule has 5 heteroatoms. The topological polar surface area (TPSA) is 73.6 Å². The molecule has 3 N–H and O–H groups in total. The third-order valence-electron chi connectivity index (χ3n) is 3.51. The van der Waals surface area contributed by atoms with Crippen LogP contribution in [0.5, 0.6) is 0 Å². The van der Waals surface area contributed by atoms with E-state index in [1.807, 2.05) is 0 Å². The van der Waals surface area contributed by atoms with Gasteiger partial charge < -0.3 is 15.2 Å². The molecule has 2 aliphatic carbocycles. The number of methoxy groups -OCH3 is 1. The molecule has 1 unspecified atom stereocenters. The van der Waals surface area contributed by atoms with Crippen molar-refractivity contribution in [3.8, 4) is 0 Å². The molecule has 0 aromatic heterocycles. The number of amides is 1. The summed E-state index contributed by atoms with van der Waals surface area (Å²) in [4.78, 5) is 11.8. The third kappa shape index (κ3) is 3.18. The molecule has 0 spiro atoms. The average molecular weight is 242 g/mol. The fourth-order valence-electron chi connectivity index (χ4n) is 2.16. The minimum absolute atomic E-state index is 0.274. The predicted octanol–water partition coefficient (Wildman–Crippen LogP) is 0.0355. The third-order valence-corrected chi connectivity index (χ3v) is 3.51. The smallest absolute Gasteiger partial charge is 0.240 e. The summed E-state index contributed by atoms with van der Waals surface area (Å²) in [5.41, 5.74) is 4.95. The second kappa shape index (κ2) is 5.33. The van der Waals surface area contributed by atoms with Crippen LogP contribution in [0.4, 0.5) is 0 Å². The maximum Gasteiger partial charge on any atom is 0.240 e. The van der Waals surface area contributed by atoms with Gasteiger partial charge in [-0.05, 0) is 31.6 Å². The normalized spacial score (nSPS) is 23.4. The first-order valence-corrected chi connectivity index (χ1v) is 6.33. The van der Waals surface area contributed by atoms with E-state index in [2.05, 4.69) is 5.32 Å². The van der Waals surface area contributed by atoms with Gasteiger partial charge in [-0.15, -0.1) is 0 Å². The largest absolute Gasteiger partial charge is 0.382 e. The van der Waals surface area contributed by atoms with Crippen molar-refractivity contribution in [2.24, 2.45) is 11.7 Å². The summed E-state index contributed by atoms with van der Waals surface area (Å²) in [6, 6.07) is 0.453. The second-order valence-electron chi connectivity index (χ2n) is 5.07. The van der Waals surface area contributed by atoms with Crippen molar-refractivity contribution in [3.05, 3.63) is 0 Å². The van der Waals surface area contributed by atoms with Crippen LogP contribution in [-0.2, 0) is 14.3 Å². The molecule has 2 aliphatic rings. The van der Waals surface area contributed by atoms with Crippen molar-refractivity contribution in [1.82, 2.24) is 5.32 Å². The van der Waals surface area contributed by atoms with Gasteiger partial charge in [-0.1, -0.05) is 0 Å². The van der Waals surface area contributed by atoms with E-state index < -0.39 is 5.54 Å². The molecule has 0 heterocycles. The van der Waals surface area contributed by atoms with Gasteiger partial charge in [0.1, 0.15) is 5.54 Å². The van der Waals surface area contributed by atoms with Crippen LogP contribution < -0.4 is 11.1 Å². The lowest BCUT2D eigenvalue weighted by Crippen LogP contribution is -2.61. The molecule has 0 saturated heterocycles. The van der Waals surface area contributed by atoms with Crippen LogP contribution >= 0.6 is 0 Å². The van der Waals surface area contributed by atoms with Crippen LogP contribution in [0.3, 0.4) is 0 Å². The van der Waals surface area contributed by atoms with Gasteiger partial charge in [-0.25, -0.2) is 0 Å². The standard InChI is InChI=1S/C12H22N2O3/c1-16-6-7-17-8-12(11(13)15,9-2-3-9)14-10-4-5-10/h9-10,14H,2-8H2,1H3,(H2,13,15). The number of primary amides is 1. The highest BCUT2D eigenvalue weighted by molar-refractivity contribution is 5.86. The fraction of sp³-hybridized carbons (Fsp3) is 0.917. The van der Waals surface area contributed by atoms with Crippen molar-refractivity contribution in [2.75, 3.05) is 26.9 Å². The van der Waals surface area contributed by atoms with Crippen molar-refractivity contribution >= 4 is 5.91 Å². The number of nitrogens with one attached hydrogen (secondary N) is 1. The van der Waals surface area contributed by atoms with Gasteiger partial charge in [-0.2, -0.15) is 0 Å². The first-order chi connectivity index (χ1) is 8.19. The van der Waals surface area contributed by atoms with E-state index >= 15 is 0 Å². The van der Waals surface area contributed by atoms with Crippen LogP contribution in [0.2, 0.25) is 0 Å². The van der Waals surface area contributed by atoms with Gasteiger partial charge >= 0.3 is 0 Å². The van der Waals surface area contributed by atoms with E-state index in [-0.39, 0.29) is 5.91 Å². The zero-order valence-electron chi connectivity index (χ0n) is 10.4. The SMILES string of the molecule is COCCOCC(NC1CC1)(C(N)=O)C1CC1. The second-order valence-corrected chi connectivity index (χ2v) is 5.07. The minimum Gasteiger partial charge on any atom is -0.382 e. The van der Waals surface area contributed by atoms with E-state index in [9.17, 15) is 4.79 Å². The molecule has 1 atom stereocenters. The van der Waals surface area contributed by atoms with E-state index in [0.29, 0.717) is 31.8 Å². The summed E-state index contributed by atoms with van der Waals surface area (Å²) < 4.78 is 10.5. The first-order valence-electron chi connectivity index (χ1n) is 6.33. The van der Waals surface area contributed by atoms with Crippen molar-refractivity contribution in [1.29, 1.82) is 0 Å². The molecule has 1 amide bonds. The molecule has 0 bridgehead atoms. The Labute approximate surface area is 102 Å². The number of hydrogen-bond acceptors (Lipinski definition) is 4. The number of rotatable bonds is 9. The molecule has 5 nitrogen and oxygen atoms in total. The maximum atomic E-state index is 11.8. The number of ether oxygens (including phenoxy) is 2. The first kappa shape index (κ1) is 12.8. The van der Waals surface area contributed by atoms with Crippen LogP contribution in [0.25, 0.3) is 0 Å². The van der Waals surface area contributed by atoms with Crippen LogP contribution in [-0.4, -0.2) is 44.4 Å². The Bertz CT molecular complexity index is 277. The Hall–Kier alpha value is -0.650. The van der Waals surface area contributed by atoms with Gasteiger partial charge in [0.25, 0.3) is 0 Å². The number of carbonyl (C=O) groups excluding carboxylic acids is 1. The molecule has 2 saturated carbocycles. The van der Waals surface area contributed by atoms with E-state index in [0.717, 1.165) is 25.7 Å². The molecule has 0 aromatic rings. The molecular weight excluding hydrogens is 220 g/mol. The molecular formula is C12H22N2O3. The zero-order valence-corrected chi connectivity index (χ0v) is 10.4. The van der Waals surface area contributed by atoms with Gasteiger partial charge in [0.15, 0.2) is 0 Å². The van der Waals surface area contributed by atoms with Crippen molar-refractivity contribution < 1.29 is 14.3 Å². The zero-order chi connectivity index (χ0) is 12.3. The molecule has 98 valence electrons. The van der Waals surface area contributed by atoms with Crippen LogP contribution in [0.15, 0.2) is 0 Å². The highest BCUT2D eigenvalue weighted by atomic mass is 16.5. The lowest BCUT2D eigenvalue weighted by Gasteiger charge is -2.32. The van der Waals surface area contributed by atoms with Crippen LogP contribution in [0.1, 0.15) is 25.7 Å². The van der Waals surface area contributed by atoms with Crippen molar-refractivity contribution in [2.45, 2.75) is 37.3 Å².